The summed E-state index contributed by atoms with van der Waals surface area (Å²) in [4.78, 5) is 12.3. The quantitative estimate of drug-likeness (QED) is 0.862. The molecular weight excluding hydrogens is 306 g/mol. The molecule has 0 saturated carbocycles. The number of hydrogen-bond donors (Lipinski definition) is 1. The second kappa shape index (κ2) is 5.31. The van der Waals surface area contributed by atoms with Crippen molar-refractivity contribution in [3.8, 4) is 0 Å². The monoisotopic (exact) mass is 316 g/mol. The SMILES string of the molecule is CCNc1nc(C(C)(Cl)Cl)nc(C(C)(Cl)Cl)n1. The van der Waals surface area contributed by atoms with Gasteiger partial charge in [0.2, 0.25) is 5.95 Å². The van der Waals surface area contributed by atoms with Gasteiger partial charge in [-0.1, -0.05) is 46.4 Å². The highest BCUT2D eigenvalue weighted by Gasteiger charge is 2.30. The summed E-state index contributed by atoms with van der Waals surface area (Å²) in [7, 11) is 0. The van der Waals surface area contributed by atoms with Crippen molar-refractivity contribution in [2.45, 2.75) is 29.4 Å². The highest BCUT2D eigenvalue weighted by Crippen LogP contribution is 2.35. The van der Waals surface area contributed by atoms with Gasteiger partial charge in [-0.25, -0.2) is 4.98 Å². The first-order valence-electron chi connectivity index (χ1n) is 4.91. The Morgan fingerprint density at radius 2 is 1.35 bits per heavy atom. The Hall–Kier alpha value is -0.0300. The fourth-order valence-electron chi connectivity index (χ4n) is 1.01. The first-order valence-corrected chi connectivity index (χ1v) is 6.42. The van der Waals surface area contributed by atoms with Crippen molar-refractivity contribution in [2.75, 3.05) is 11.9 Å². The molecule has 0 spiro atoms. The molecule has 17 heavy (non-hydrogen) atoms. The predicted molar refractivity (Wildman–Crippen MR) is 72.1 cm³/mol. The van der Waals surface area contributed by atoms with Gasteiger partial charge in [-0.15, -0.1) is 0 Å². The summed E-state index contributed by atoms with van der Waals surface area (Å²) in [5.41, 5.74) is 0. The second-order valence-corrected chi connectivity index (χ2v) is 7.02. The van der Waals surface area contributed by atoms with E-state index in [2.05, 4.69) is 20.3 Å². The van der Waals surface area contributed by atoms with Gasteiger partial charge in [-0.2, -0.15) is 9.97 Å². The summed E-state index contributed by atoms with van der Waals surface area (Å²) in [5.74, 6) is 0.746. The first kappa shape index (κ1) is 15.0. The van der Waals surface area contributed by atoms with Gasteiger partial charge < -0.3 is 5.32 Å². The molecule has 1 N–H and O–H groups in total. The Bertz CT molecular complexity index is 365. The van der Waals surface area contributed by atoms with Gasteiger partial charge in [-0.3, -0.25) is 0 Å². The van der Waals surface area contributed by atoms with E-state index >= 15 is 0 Å². The zero-order chi connectivity index (χ0) is 13.3. The molecule has 0 saturated heterocycles. The lowest BCUT2D eigenvalue weighted by Gasteiger charge is -2.17. The molecule has 0 unspecified atom stereocenters. The van der Waals surface area contributed by atoms with Crippen LogP contribution in [0, 0.1) is 0 Å². The molecule has 1 aromatic heterocycles. The minimum Gasteiger partial charge on any atom is -0.354 e. The van der Waals surface area contributed by atoms with Crippen molar-refractivity contribution in [2.24, 2.45) is 0 Å². The summed E-state index contributed by atoms with van der Waals surface area (Å²) < 4.78 is -2.47. The molecule has 1 heterocycles. The maximum Gasteiger partial charge on any atom is 0.226 e. The molecule has 8 heteroatoms. The summed E-state index contributed by atoms with van der Waals surface area (Å²) in [6, 6.07) is 0. The van der Waals surface area contributed by atoms with E-state index in [1.807, 2.05) is 6.92 Å². The number of hydrogen-bond acceptors (Lipinski definition) is 4. The first-order chi connectivity index (χ1) is 7.64. The van der Waals surface area contributed by atoms with Crippen LogP contribution in [-0.4, -0.2) is 21.5 Å². The van der Waals surface area contributed by atoms with Crippen molar-refractivity contribution in [3.05, 3.63) is 11.6 Å². The van der Waals surface area contributed by atoms with Crippen LogP contribution in [-0.2, 0) is 8.67 Å². The zero-order valence-electron chi connectivity index (χ0n) is 9.56. The van der Waals surface area contributed by atoms with E-state index in [9.17, 15) is 0 Å². The van der Waals surface area contributed by atoms with E-state index in [0.29, 0.717) is 12.5 Å². The third-order valence-electron chi connectivity index (χ3n) is 1.76. The third kappa shape index (κ3) is 4.28. The maximum absolute atomic E-state index is 5.95. The molecule has 0 amide bonds. The number of nitrogens with one attached hydrogen (secondary N) is 1. The highest BCUT2D eigenvalue weighted by atomic mass is 35.5. The Labute approximate surface area is 120 Å². The van der Waals surface area contributed by atoms with E-state index in [1.165, 1.54) is 0 Å². The summed E-state index contributed by atoms with van der Waals surface area (Å²) in [6.45, 7) is 5.67. The molecule has 0 radical (unpaired) electrons. The van der Waals surface area contributed by atoms with Crippen molar-refractivity contribution in [3.63, 3.8) is 0 Å². The van der Waals surface area contributed by atoms with Gasteiger partial charge in [0.15, 0.2) is 20.3 Å². The molecule has 0 aliphatic carbocycles. The fourth-order valence-corrected chi connectivity index (χ4v) is 1.34. The number of aromatic nitrogens is 3. The Morgan fingerprint density at radius 1 is 0.941 bits per heavy atom. The lowest BCUT2D eigenvalue weighted by molar-refractivity contribution is 0.748. The lowest BCUT2D eigenvalue weighted by atomic mass is 10.4. The normalized spacial score (nSPS) is 12.6. The number of rotatable bonds is 4. The topological polar surface area (TPSA) is 50.7 Å². The molecule has 0 aliphatic rings. The molecule has 1 aromatic rings. The standard InChI is InChI=1S/C9H12Cl4N4/c1-4-14-7-16-5(8(2,10)11)15-6(17-7)9(3,12)13/h4H2,1-3H3,(H,14,15,16,17). The van der Waals surface area contributed by atoms with Crippen LogP contribution in [0.3, 0.4) is 0 Å². The van der Waals surface area contributed by atoms with Gasteiger partial charge in [0.25, 0.3) is 0 Å². The van der Waals surface area contributed by atoms with Crippen LogP contribution in [0.2, 0.25) is 0 Å². The van der Waals surface area contributed by atoms with Gasteiger partial charge >= 0.3 is 0 Å². The molecule has 1 rings (SSSR count). The van der Waals surface area contributed by atoms with Crippen LogP contribution >= 0.6 is 46.4 Å². The van der Waals surface area contributed by atoms with Crippen molar-refractivity contribution in [1.29, 1.82) is 0 Å². The molecule has 0 aromatic carbocycles. The number of nitrogens with zero attached hydrogens (tertiary/aromatic N) is 3. The average Bonchev–Trinajstić information content (AvgIpc) is 2.15. The summed E-state index contributed by atoms with van der Waals surface area (Å²) in [5, 5.41) is 2.94. The largest absolute Gasteiger partial charge is 0.354 e. The third-order valence-corrected chi connectivity index (χ3v) is 2.43. The number of halogens is 4. The van der Waals surface area contributed by atoms with Crippen molar-refractivity contribution >= 4 is 52.4 Å². The van der Waals surface area contributed by atoms with Crippen molar-refractivity contribution < 1.29 is 0 Å². The smallest absolute Gasteiger partial charge is 0.226 e. The van der Waals surface area contributed by atoms with Crippen LogP contribution in [0.1, 0.15) is 32.4 Å². The van der Waals surface area contributed by atoms with Gasteiger partial charge in [0, 0.05) is 6.54 Å². The zero-order valence-corrected chi connectivity index (χ0v) is 12.6. The molecule has 0 fully saturated rings. The van der Waals surface area contributed by atoms with Gasteiger partial charge in [0.1, 0.15) is 0 Å². The summed E-state index contributed by atoms with van der Waals surface area (Å²) >= 11 is 23.8. The Kier molecular flexibility index (Phi) is 4.69. The van der Waals surface area contributed by atoms with Crippen LogP contribution in [0.25, 0.3) is 0 Å². The molecule has 96 valence electrons. The molecule has 0 atom stereocenters. The van der Waals surface area contributed by atoms with E-state index in [4.69, 9.17) is 46.4 Å². The molecular formula is C9H12Cl4N4. The Balaban J connectivity index is 3.29. The lowest BCUT2D eigenvalue weighted by Crippen LogP contribution is -2.20. The predicted octanol–water partition coefficient (Wildman–Crippen LogP) is 3.60. The molecule has 0 bridgehead atoms. The van der Waals surface area contributed by atoms with Gasteiger partial charge in [-0.05, 0) is 20.8 Å². The van der Waals surface area contributed by atoms with Crippen molar-refractivity contribution in [1.82, 2.24) is 15.0 Å². The van der Waals surface area contributed by atoms with E-state index in [-0.39, 0.29) is 11.6 Å². The molecule has 4 nitrogen and oxygen atoms in total. The van der Waals surface area contributed by atoms with Gasteiger partial charge in [0.05, 0.1) is 0 Å². The highest BCUT2D eigenvalue weighted by molar-refractivity contribution is 6.48. The summed E-state index contributed by atoms with van der Waals surface area (Å²) in [6.07, 6.45) is 0. The van der Waals surface area contributed by atoms with Crippen LogP contribution < -0.4 is 5.32 Å². The average molecular weight is 318 g/mol. The number of alkyl halides is 4. The Morgan fingerprint density at radius 3 is 1.65 bits per heavy atom. The van der Waals surface area contributed by atoms with E-state index in [1.54, 1.807) is 13.8 Å². The van der Waals surface area contributed by atoms with Crippen LogP contribution in [0.5, 0.6) is 0 Å². The molecule has 0 aliphatic heterocycles. The minimum atomic E-state index is -1.24. The number of anilines is 1. The van der Waals surface area contributed by atoms with E-state index < -0.39 is 8.67 Å². The van der Waals surface area contributed by atoms with Crippen LogP contribution in [0.15, 0.2) is 0 Å². The van der Waals surface area contributed by atoms with Crippen LogP contribution in [0.4, 0.5) is 5.95 Å². The maximum atomic E-state index is 5.95. The second-order valence-electron chi connectivity index (χ2n) is 3.61. The van der Waals surface area contributed by atoms with E-state index in [0.717, 1.165) is 0 Å². The fraction of sp³-hybridized carbons (Fsp3) is 0.667. The minimum absolute atomic E-state index is 0.203.